The first-order chi connectivity index (χ1) is 28.8. The summed E-state index contributed by atoms with van der Waals surface area (Å²) in [6, 6.07) is -8.04. The number of hydrogen-bond donors (Lipinski definition) is 10. The lowest BCUT2D eigenvalue weighted by atomic mass is 10.0. The quantitative estimate of drug-likeness (QED) is 0.0277. The van der Waals surface area contributed by atoms with E-state index < -0.39 is 141 Å². The second-order valence-corrected chi connectivity index (χ2v) is 13.5. The van der Waals surface area contributed by atoms with Crippen LogP contribution in [0, 0.1) is 5.92 Å². The van der Waals surface area contributed by atoms with Crippen molar-refractivity contribution in [2.45, 2.75) is 89.5 Å². The monoisotopic (exact) mass is 881 g/mol. The fraction of sp³-hybridized carbons (Fsp3) is 0.722. The van der Waals surface area contributed by atoms with Crippen molar-refractivity contribution in [1.29, 1.82) is 0 Å². The van der Waals surface area contributed by atoms with Gasteiger partial charge in [0.15, 0.2) is 0 Å². The zero-order valence-corrected chi connectivity index (χ0v) is 34.7. The molecule has 0 unspecified atom stereocenters. The molecular weight excluding hydrogens is 821 g/mol. The van der Waals surface area contributed by atoms with Crippen LogP contribution in [0.2, 0.25) is 0 Å². The molecule has 0 bridgehead atoms. The lowest BCUT2D eigenvalue weighted by Crippen LogP contribution is -2.60. The van der Waals surface area contributed by atoms with Crippen LogP contribution in [0.1, 0.15) is 59.3 Å². The summed E-state index contributed by atoms with van der Waals surface area (Å²) in [5.74, 6) is -12.1. The summed E-state index contributed by atoms with van der Waals surface area (Å²) < 4.78 is 33.1. The van der Waals surface area contributed by atoms with E-state index in [1.165, 1.54) is 20.8 Å². The Morgan fingerprint density at radius 1 is 0.508 bits per heavy atom. The molecule has 0 aliphatic rings. The average Bonchev–Trinajstić information content (AvgIpc) is 3.18. The Bertz CT molecular complexity index is 1450. The Kier molecular flexibility index (Phi) is 29.3. The molecule has 61 heavy (non-hydrogen) atoms. The molecule has 0 saturated heterocycles. The number of carboxylic acid groups (broad SMARTS) is 3. The average molecular weight is 882 g/mol. The molecule has 24 nitrogen and oxygen atoms in total. The number of ether oxygens (including phenoxy) is 4. The van der Waals surface area contributed by atoms with Crippen LogP contribution in [0.3, 0.4) is 0 Å². The summed E-state index contributed by atoms with van der Waals surface area (Å²) in [6.45, 7) is 5.38. The van der Waals surface area contributed by atoms with E-state index in [4.69, 9.17) is 18.9 Å². The second kappa shape index (κ2) is 32.3. The van der Waals surface area contributed by atoms with Gasteiger partial charge in [0.25, 0.3) is 0 Å². The standard InChI is InChI=1S/C36H60FN7O17/c1-21(2)31(44-33(54)23(5-8-28(47)48)42-35(56)24(19-29(49)50)41-27(46)7-6-26(45)38-10-9-37)36(57)43-25(20-30(51)52)34(55)40-22(3)32(53)39-11-12-59-15-16-61-18-17-60-14-13-58-4/h21-25,31H,5-20H2,1-4H3,(H,38,45)(H,39,53)(H,40,55)(H,41,46)(H,42,56)(H,43,57)(H,44,54)(H,47,48)(H,49,50)(H,51,52)/t22-,23-,24-,25-,31-/m0/s1. The Balaban J connectivity index is 5.57. The molecular formula is C36H60FN7O17. The highest BCUT2D eigenvalue weighted by Gasteiger charge is 2.34. The number of halogens is 1. The van der Waals surface area contributed by atoms with Crippen LogP contribution in [-0.4, -0.2) is 178 Å². The molecule has 0 spiro atoms. The van der Waals surface area contributed by atoms with Gasteiger partial charge in [-0.15, -0.1) is 0 Å². The first-order valence-corrected chi connectivity index (χ1v) is 19.3. The van der Waals surface area contributed by atoms with E-state index in [1.807, 2.05) is 0 Å². The normalized spacial score (nSPS) is 13.3. The lowest BCUT2D eigenvalue weighted by Gasteiger charge is -2.28. The van der Waals surface area contributed by atoms with Gasteiger partial charge in [0.2, 0.25) is 41.4 Å². The van der Waals surface area contributed by atoms with Crippen LogP contribution in [0.5, 0.6) is 0 Å². The fourth-order valence-corrected chi connectivity index (χ4v) is 4.86. The maximum Gasteiger partial charge on any atom is 0.305 e. The van der Waals surface area contributed by atoms with Crippen molar-refractivity contribution >= 4 is 59.3 Å². The molecule has 10 N–H and O–H groups in total. The van der Waals surface area contributed by atoms with Crippen molar-refractivity contribution in [3.8, 4) is 0 Å². The van der Waals surface area contributed by atoms with E-state index in [0.29, 0.717) is 26.4 Å². The SMILES string of the molecule is COCCOCCOCCOCCNC(=O)[C@H](C)NC(=O)[C@H](CC(=O)O)NC(=O)[C@@H](NC(=O)[C@H](CCC(=O)O)NC(=O)[C@H](CC(=O)O)NC(=O)CCC(=O)NCCF)C(C)C. The third kappa shape index (κ3) is 27.0. The Hall–Kier alpha value is -5.53. The maximum atomic E-state index is 13.5. The fourth-order valence-electron chi connectivity index (χ4n) is 4.86. The van der Waals surface area contributed by atoms with Crippen molar-refractivity contribution in [1.82, 2.24) is 37.2 Å². The lowest BCUT2D eigenvalue weighted by molar-refractivity contribution is -0.142. The van der Waals surface area contributed by atoms with Crippen LogP contribution in [-0.2, 0) is 66.9 Å². The first-order valence-electron chi connectivity index (χ1n) is 19.3. The number of aliphatic carboxylic acids is 3. The number of methoxy groups -OCH3 is 1. The zero-order chi connectivity index (χ0) is 46.3. The highest BCUT2D eigenvalue weighted by atomic mass is 19.1. The zero-order valence-electron chi connectivity index (χ0n) is 34.7. The van der Waals surface area contributed by atoms with Crippen molar-refractivity contribution in [2.24, 2.45) is 5.92 Å². The Morgan fingerprint density at radius 2 is 1.00 bits per heavy atom. The van der Waals surface area contributed by atoms with Gasteiger partial charge in [-0.3, -0.25) is 47.9 Å². The van der Waals surface area contributed by atoms with Gasteiger partial charge in [-0.1, -0.05) is 13.8 Å². The summed E-state index contributed by atoms with van der Waals surface area (Å²) in [5, 5.41) is 43.9. The first kappa shape index (κ1) is 55.5. The van der Waals surface area contributed by atoms with E-state index in [2.05, 4.69) is 37.2 Å². The van der Waals surface area contributed by atoms with Gasteiger partial charge >= 0.3 is 17.9 Å². The summed E-state index contributed by atoms with van der Waals surface area (Å²) >= 11 is 0. The van der Waals surface area contributed by atoms with Crippen LogP contribution in [0.15, 0.2) is 0 Å². The van der Waals surface area contributed by atoms with Gasteiger partial charge in [0, 0.05) is 39.5 Å². The maximum absolute atomic E-state index is 13.5. The summed E-state index contributed by atoms with van der Waals surface area (Å²) in [6.07, 6.45) is -4.19. The minimum absolute atomic E-state index is 0.0522. The molecule has 0 rings (SSSR count). The van der Waals surface area contributed by atoms with Crippen LogP contribution in [0.4, 0.5) is 4.39 Å². The van der Waals surface area contributed by atoms with E-state index in [0.717, 1.165) is 0 Å². The van der Waals surface area contributed by atoms with Gasteiger partial charge in [0.05, 0.1) is 59.1 Å². The van der Waals surface area contributed by atoms with Crippen molar-refractivity contribution in [2.75, 3.05) is 73.1 Å². The van der Waals surface area contributed by atoms with Crippen molar-refractivity contribution in [3.63, 3.8) is 0 Å². The van der Waals surface area contributed by atoms with Gasteiger partial charge < -0.3 is 71.5 Å². The van der Waals surface area contributed by atoms with Gasteiger partial charge in [-0.2, -0.15) is 0 Å². The molecule has 7 amide bonds. The molecule has 0 aromatic carbocycles. The molecule has 0 aliphatic carbocycles. The highest BCUT2D eigenvalue weighted by Crippen LogP contribution is 2.08. The van der Waals surface area contributed by atoms with Gasteiger partial charge in [-0.05, 0) is 19.3 Å². The Labute approximate surface area is 351 Å². The summed E-state index contributed by atoms with van der Waals surface area (Å²) in [7, 11) is 1.56. The van der Waals surface area contributed by atoms with Crippen LogP contribution >= 0.6 is 0 Å². The number of amides is 7. The Morgan fingerprint density at radius 3 is 1.52 bits per heavy atom. The van der Waals surface area contributed by atoms with Crippen LogP contribution < -0.4 is 37.2 Å². The minimum Gasteiger partial charge on any atom is -0.481 e. The molecule has 0 heterocycles. The number of carboxylic acids is 3. The van der Waals surface area contributed by atoms with Crippen molar-refractivity contribution in [3.05, 3.63) is 0 Å². The predicted molar refractivity (Wildman–Crippen MR) is 207 cm³/mol. The molecule has 0 fully saturated rings. The molecule has 0 aliphatic heterocycles. The molecule has 0 saturated carbocycles. The van der Waals surface area contributed by atoms with E-state index in [1.54, 1.807) is 7.11 Å². The summed E-state index contributed by atoms with van der Waals surface area (Å²) in [5.41, 5.74) is 0. The minimum atomic E-state index is -1.82. The number of rotatable bonds is 35. The molecule has 5 atom stereocenters. The number of alkyl halides is 1. The van der Waals surface area contributed by atoms with E-state index >= 15 is 0 Å². The largest absolute Gasteiger partial charge is 0.481 e. The second-order valence-electron chi connectivity index (χ2n) is 13.5. The van der Waals surface area contributed by atoms with Crippen LogP contribution in [0.25, 0.3) is 0 Å². The molecule has 0 radical (unpaired) electrons. The van der Waals surface area contributed by atoms with E-state index in [-0.39, 0.29) is 32.9 Å². The predicted octanol–water partition coefficient (Wildman–Crippen LogP) is -3.42. The van der Waals surface area contributed by atoms with E-state index in [9.17, 15) is 67.7 Å². The molecule has 25 heteroatoms. The van der Waals surface area contributed by atoms with Gasteiger partial charge in [-0.25, -0.2) is 4.39 Å². The molecule has 348 valence electrons. The topological polar surface area (TPSA) is 353 Å². The summed E-state index contributed by atoms with van der Waals surface area (Å²) in [4.78, 5) is 124. The highest BCUT2D eigenvalue weighted by molar-refractivity contribution is 5.98. The van der Waals surface area contributed by atoms with Gasteiger partial charge in [0.1, 0.15) is 36.9 Å². The number of carbonyl (C=O) groups is 10. The molecule has 0 aromatic rings. The number of carbonyl (C=O) groups excluding carboxylic acids is 7. The third-order valence-electron chi connectivity index (χ3n) is 8.04. The van der Waals surface area contributed by atoms with Crippen molar-refractivity contribution < 1.29 is 86.6 Å². The third-order valence-corrected chi connectivity index (χ3v) is 8.04. The molecule has 0 aromatic heterocycles. The number of nitrogens with one attached hydrogen (secondary N) is 7. The number of hydrogen-bond acceptors (Lipinski definition) is 14. The smallest absolute Gasteiger partial charge is 0.305 e.